The molecule has 9 heteroatoms. The predicted octanol–water partition coefficient (Wildman–Crippen LogP) is 4.33. The summed E-state index contributed by atoms with van der Waals surface area (Å²) in [5.74, 6) is 0.469. The molecule has 1 fully saturated rings. The Kier molecular flexibility index (Phi) is 7.84. The number of benzene rings is 2. The first-order valence-electron chi connectivity index (χ1n) is 14.6. The van der Waals surface area contributed by atoms with Crippen LogP contribution in [0.3, 0.4) is 0 Å². The Labute approximate surface area is 251 Å². The zero-order valence-electron chi connectivity index (χ0n) is 24.6. The topological polar surface area (TPSA) is 103 Å². The van der Waals surface area contributed by atoms with Crippen LogP contribution in [0.5, 0.6) is 0 Å². The molecule has 0 saturated carbocycles. The molecular weight excluding hydrogens is 540 g/mol. The Morgan fingerprint density at radius 2 is 1.86 bits per heavy atom. The number of aliphatic hydroxyl groups is 1. The van der Waals surface area contributed by atoms with Crippen molar-refractivity contribution in [1.82, 2.24) is 14.9 Å². The minimum atomic E-state index is -0.266. The second-order valence-electron chi connectivity index (χ2n) is 11.1. The maximum absolute atomic E-state index is 13.6. The van der Waals surface area contributed by atoms with E-state index >= 15 is 0 Å². The van der Waals surface area contributed by atoms with E-state index in [-0.39, 0.29) is 18.1 Å². The van der Waals surface area contributed by atoms with Gasteiger partial charge >= 0.3 is 0 Å². The number of rotatable bonds is 7. The summed E-state index contributed by atoms with van der Waals surface area (Å²) in [4.78, 5) is 35.3. The van der Waals surface area contributed by atoms with Crippen LogP contribution in [0.15, 0.2) is 78.4 Å². The molecule has 2 aliphatic heterocycles. The quantitative estimate of drug-likeness (QED) is 0.301. The number of nitrogens with zero attached hydrogens (tertiary/aromatic N) is 4. The van der Waals surface area contributed by atoms with Gasteiger partial charge in [-0.05, 0) is 60.4 Å². The van der Waals surface area contributed by atoms with Crippen LogP contribution in [-0.2, 0) is 20.1 Å². The maximum Gasteiger partial charge on any atom is 0.274 e. The molecule has 0 unspecified atom stereocenters. The van der Waals surface area contributed by atoms with Crippen molar-refractivity contribution < 1.29 is 9.90 Å². The molecule has 0 aliphatic carbocycles. The van der Waals surface area contributed by atoms with E-state index in [1.165, 1.54) is 4.57 Å². The number of piperazine rings is 1. The van der Waals surface area contributed by atoms with Gasteiger partial charge in [0, 0.05) is 62.7 Å². The fourth-order valence-electron chi connectivity index (χ4n) is 5.90. The van der Waals surface area contributed by atoms with E-state index in [9.17, 15) is 14.7 Å². The minimum Gasteiger partial charge on any atom is -0.392 e. The number of anilines is 4. The Morgan fingerprint density at radius 1 is 1.05 bits per heavy atom. The minimum absolute atomic E-state index is 0.0977. The molecule has 9 nitrogen and oxygen atoms in total. The number of aryl methyl sites for hydroxylation is 1. The number of hydrogen-bond donors (Lipinski definition) is 3. The van der Waals surface area contributed by atoms with Crippen molar-refractivity contribution in [2.75, 3.05) is 47.8 Å². The fraction of sp³-hybridized carbons (Fsp3) is 0.265. The normalized spacial score (nSPS) is 14.9. The van der Waals surface area contributed by atoms with E-state index in [4.69, 9.17) is 0 Å². The third-order valence-corrected chi connectivity index (χ3v) is 8.27. The fourth-order valence-corrected chi connectivity index (χ4v) is 5.90. The molecule has 4 heterocycles. The molecule has 4 aromatic rings. The molecule has 43 heavy (non-hydrogen) atoms. The number of nitrogens with one attached hydrogen (secondary N) is 2. The number of hydrogen-bond acceptors (Lipinski definition) is 7. The number of pyridine rings is 2. The summed E-state index contributed by atoms with van der Waals surface area (Å²) in [5.41, 5.74) is 7.65. The molecule has 2 aromatic carbocycles. The second kappa shape index (κ2) is 11.9. The van der Waals surface area contributed by atoms with Gasteiger partial charge in [0.1, 0.15) is 11.5 Å². The van der Waals surface area contributed by atoms with Gasteiger partial charge < -0.3 is 30.1 Å². The summed E-state index contributed by atoms with van der Waals surface area (Å²) < 4.78 is 1.52. The van der Waals surface area contributed by atoms with Gasteiger partial charge in [0.2, 0.25) is 0 Å². The molecule has 0 radical (unpaired) electrons. The van der Waals surface area contributed by atoms with E-state index in [0.29, 0.717) is 41.3 Å². The Morgan fingerprint density at radius 3 is 2.58 bits per heavy atom. The standard InChI is InChI=1S/C34H36N6O3/c1-22(2)23-7-9-28-24(17-23)11-14-40(33(28)42)31-6-4-5-27(29(31)21-41)25-18-30(34(43)38(3)20-25)37-32-10-8-26(19-36-32)39-15-12-35-13-16-39/h4-10,17-20,35,41H,1,11-16,21H2,2-3H3,(H,36,37). The number of fused-ring (bicyclic) bond motifs is 1. The highest BCUT2D eigenvalue weighted by Gasteiger charge is 2.28. The summed E-state index contributed by atoms with van der Waals surface area (Å²) in [6, 6.07) is 17.2. The van der Waals surface area contributed by atoms with Crippen LogP contribution in [-0.4, -0.2) is 53.3 Å². The van der Waals surface area contributed by atoms with E-state index in [1.807, 2.05) is 61.7 Å². The van der Waals surface area contributed by atoms with E-state index < -0.39 is 0 Å². The zero-order valence-corrected chi connectivity index (χ0v) is 24.6. The average Bonchev–Trinajstić information content (AvgIpc) is 3.03. The van der Waals surface area contributed by atoms with Crippen LogP contribution in [0.1, 0.15) is 34.0 Å². The van der Waals surface area contributed by atoms with Crippen molar-refractivity contribution >= 4 is 34.4 Å². The number of amides is 1. The van der Waals surface area contributed by atoms with Crippen molar-refractivity contribution in [2.24, 2.45) is 7.05 Å². The van der Waals surface area contributed by atoms with Crippen LogP contribution >= 0.6 is 0 Å². The second-order valence-corrected chi connectivity index (χ2v) is 11.1. The highest BCUT2D eigenvalue weighted by atomic mass is 16.3. The van der Waals surface area contributed by atoms with Gasteiger partial charge in [-0.25, -0.2) is 4.98 Å². The van der Waals surface area contributed by atoms with Crippen molar-refractivity contribution in [3.8, 4) is 11.1 Å². The number of carbonyl (C=O) groups is 1. The van der Waals surface area contributed by atoms with Crippen molar-refractivity contribution in [3.63, 3.8) is 0 Å². The lowest BCUT2D eigenvalue weighted by Gasteiger charge is -2.31. The number of carbonyl (C=O) groups excluding carboxylic acids is 1. The summed E-state index contributed by atoms with van der Waals surface area (Å²) >= 11 is 0. The smallest absolute Gasteiger partial charge is 0.274 e. The van der Waals surface area contributed by atoms with Gasteiger partial charge in [-0.2, -0.15) is 0 Å². The zero-order chi connectivity index (χ0) is 30.1. The van der Waals surface area contributed by atoms with E-state index in [2.05, 4.69) is 27.1 Å². The van der Waals surface area contributed by atoms with Crippen molar-refractivity contribution in [2.45, 2.75) is 20.0 Å². The van der Waals surface area contributed by atoms with E-state index in [0.717, 1.165) is 59.7 Å². The van der Waals surface area contributed by atoms with Crippen LogP contribution < -0.4 is 26.0 Å². The Hall–Kier alpha value is -4.73. The van der Waals surface area contributed by atoms with Gasteiger partial charge in [0.05, 0.1) is 24.2 Å². The molecular formula is C34H36N6O3. The molecule has 2 aliphatic rings. The lowest BCUT2D eigenvalue weighted by atomic mass is 9.93. The van der Waals surface area contributed by atoms with Crippen LogP contribution in [0.2, 0.25) is 0 Å². The molecule has 0 bridgehead atoms. The number of allylic oxidation sites excluding steroid dienone is 1. The molecule has 1 saturated heterocycles. The summed E-state index contributed by atoms with van der Waals surface area (Å²) in [7, 11) is 1.70. The summed E-state index contributed by atoms with van der Waals surface area (Å²) in [6.45, 7) is 9.94. The molecule has 0 spiro atoms. The summed E-state index contributed by atoms with van der Waals surface area (Å²) in [6.07, 6.45) is 4.27. The SMILES string of the molecule is C=C(C)c1ccc2c(c1)CCN(c1cccc(-c3cc(Nc4ccc(N5CCNCC5)cn4)c(=O)n(C)c3)c1CO)C2=O. The monoisotopic (exact) mass is 576 g/mol. The first-order valence-corrected chi connectivity index (χ1v) is 14.6. The van der Waals surface area contributed by atoms with Gasteiger partial charge in [0.25, 0.3) is 11.5 Å². The van der Waals surface area contributed by atoms with Gasteiger partial charge in [-0.3, -0.25) is 9.59 Å². The largest absolute Gasteiger partial charge is 0.392 e. The Balaban J connectivity index is 1.31. The van der Waals surface area contributed by atoms with Crippen LogP contribution in [0.4, 0.5) is 22.9 Å². The average molecular weight is 577 g/mol. The van der Waals surface area contributed by atoms with E-state index in [1.54, 1.807) is 24.2 Å². The highest BCUT2D eigenvalue weighted by Crippen LogP contribution is 2.35. The highest BCUT2D eigenvalue weighted by molar-refractivity contribution is 6.09. The van der Waals surface area contributed by atoms with Crippen LogP contribution in [0.25, 0.3) is 16.7 Å². The lowest BCUT2D eigenvalue weighted by molar-refractivity contribution is 0.0980. The molecule has 3 N–H and O–H groups in total. The first-order chi connectivity index (χ1) is 20.8. The van der Waals surface area contributed by atoms with Crippen LogP contribution in [0, 0.1) is 0 Å². The maximum atomic E-state index is 13.6. The predicted molar refractivity (Wildman–Crippen MR) is 172 cm³/mol. The van der Waals surface area contributed by atoms with Gasteiger partial charge in [-0.15, -0.1) is 0 Å². The van der Waals surface area contributed by atoms with Crippen molar-refractivity contribution in [1.29, 1.82) is 0 Å². The third-order valence-electron chi connectivity index (χ3n) is 8.27. The number of aromatic nitrogens is 2. The number of aliphatic hydroxyl groups excluding tert-OH is 1. The molecule has 6 rings (SSSR count). The molecule has 2 aromatic heterocycles. The molecule has 0 atom stereocenters. The lowest BCUT2D eigenvalue weighted by Crippen LogP contribution is -2.43. The van der Waals surface area contributed by atoms with Gasteiger partial charge in [-0.1, -0.05) is 36.4 Å². The Bertz CT molecular complexity index is 1760. The van der Waals surface area contributed by atoms with Crippen molar-refractivity contribution in [3.05, 3.63) is 106 Å². The third kappa shape index (κ3) is 5.57. The molecule has 1 amide bonds. The van der Waals surface area contributed by atoms with Gasteiger partial charge in [0.15, 0.2) is 0 Å². The molecule has 220 valence electrons. The summed E-state index contributed by atoms with van der Waals surface area (Å²) in [5, 5.41) is 17.1. The first kappa shape index (κ1) is 28.4.